The Balaban J connectivity index is 2.25. The van der Waals surface area contributed by atoms with Crippen molar-refractivity contribution in [2.75, 3.05) is 0 Å². The highest BCUT2D eigenvalue weighted by molar-refractivity contribution is 9.10. The van der Waals surface area contributed by atoms with Crippen LogP contribution in [0.25, 0.3) is 0 Å². The van der Waals surface area contributed by atoms with Crippen LogP contribution in [-0.4, -0.2) is 14.8 Å². The van der Waals surface area contributed by atoms with Crippen molar-refractivity contribution in [2.45, 2.75) is 6.92 Å². The van der Waals surface area contributed by atoms with Gasteiger partial charge in [0.2, 0.25) is 5.88 Å². The smallest absolute Gasteiger partial charge is 0.217 e. The number of nitrogens with zero attached hydrogens (tertiary/aromatic N) is 3. The standard InChI is InChI=1S/C10H10BrN3O/c1-7-3-10(14(2)13-7)15-9-4-8(11)5-12-6-9/h3-6H,1-2H3. The van der Waals surface area contributed by atoms with Gasteiger partial charge in [-0.05, 0) is 28.9 Å². The van der Waals surface area contributed by atoms with E-state index in [1.807, 2.05) is 26.1 Å². The van der Waals surface area contributed by atoms with E-state index in [1.165, 1.54) is 0 Å². The van der Waals surface area contributed by atoms with Crippen molar-refractivity contribution in [1.82, 2.24) is 14.8 Å². The monoisotopic (exact) mass is 267 g/mol. The summed E-state index contributed by atoms with van der Waals surface area (Å²) >= 11 is 3.33. The molecule has 15 heavy (non-hydrogen) atoms. The Hall–Kier alpha value is -1.36. The Morgan fingerprint density at radius 1 is 1.33 bits per heavy atom. The molecule has 2 aromatic heterocycles. The lowest BCUT2D eigenvalue weighted by Crippen LogP contribution is -1.95. The van der Waals surface area contributed by atoms with E-state index in [4.69, 9.17) is 4.74 Å². The molecule has 0 fully saturated rings. The normalized spacial score (nSPS) is 10.3. The van der Waals surface area contributed by atoms with Crippen LogP contribution in [0.1, 0.15) is 5.69 Å². The summed E-state index contributed by atoms with van der Waals surface area (Å²) in [6.07, 6.45) is 3.37. The SMILES string of the molecule is Cc1cc(Oc2cncc(Br)c2)n(C)n1. The molecular weight excluding hydrogens is 258 g/mol. The largest absolute Gasteiger partial charge is 0.438 e. The van der Waals surface area contributed by atoms with Gasteiger partial charge in [0.15, 0.2) is 0 Å². The Morgan fingerprint density at radius 2 is 2.13 bits per heavy atom. The van der Waals surface area contributed by atoms with Gasteiger partial charge in [0.05, 0.1) is 11.9 Å². The number of ether oxygens (including phenoxy) is 1. The molecule has 5 heteroatoms. The summed E-state index contributed by atoms with van der Waals surface area (Å²) in [6, 6.07) is 3.73. The van der Waals surface area contributed by atoms with Gasteiger partial charge >= 0.3 is 0 Å². The number of hydrogen-bond acceptors (Lipinski definition) is 3. The molecule has 0 spiro atoms. The van der Waals surface area contributed by atoms with Gasteiger partial charge in [-0.2, -0.15) is 5.10 Å². The highest BCUT2D eigenvalue weighted by atomic mass is 79.9. The van der Waals surface area contributed by atoms with E-state index in [1.54, 1.807) is 17.1 Å². The summed E-state index contributed by atoms with van der Waals surface area (Å²) in [4.78, 5) is 4.02. The minimum absolute atomic E-state index is 0.687. The van der Waals surface area contributed by atoms with Crippen LogP contribution in [0.4, 0.5) is 0 Å². The second-order valence-corrected chi connectivity index (χ2v) is 4.10. The molecule has 2 aromatic rings. The first kappa shape index (κ1) is 10.2. The molecule has 0 aromatic carbocycles. The van der Waals surface area contributed by atoms with Crippen molar-refractivity contribution in [3.05, 3.63) is 34.7 Å². The molecule has 2 heterocycles. The Labute approximate surface area is 96.0 Å². The summed E-state index contributed by atoms with van der Waals surface area (Å²) in [6.45, 7) is 1.92. The second-order valence-electron chi connectivity index (χ2n) is 3.19. The van der Waals surface area contributed by atoms with Crippen LogP contribution in [-0.2, 0) is 7.05 Å². The molecule has 2 rings (SSSR count). The van der Waals surface area contributed by atoms with E-state index < -0.39 is 0 Å². The van der Waals surface area contributed by atoms with Gasteiger partial charge in [0.25, 0.3) is 0 Å². The molecule has 4 nitrogen and oxygen atoms in total. The molecule has 0 unspecified atom stereocenters. The molecule has 0 radical (unpaired) electrons. The minimum atomic E-state index is 0.687. The first-order valence-corrected chi connectivity index (χ1v) is 5.23. The minimum Gasteiger partial charge on any atom is -0.438 e. The summed E-state index contributed by atoms with van der Waals surface area (Å²) < 4.78 is 8.20. The lowest BCUT2D eigenvalue weighted by Gasteiger charge is -2.04. The Bertz CT molecular complexity index is 481. The van der Waals surface area contributed by atoms with Crippen molar-refractivity contribution >= 4 is 15.9 Å². The summed E-state index contributed by atoms with van der Waals surface area (Å²) in [7, 11) is 1.84. The maximum atomic E-state index is 5.62. The zero-order valence-electron chi connectivity index (χ0n) is 8.44. The average Bonchev–Trinajstić information content (AvgIpc) is 2.45. The number of hydrogen-bond donors (Lipinski definition) is 0. The van der Waals surface area contributed by atoms with Crippen LogP contribution in [0.5, 0.6) is 11.6 Å². The van der Waals surface area contributed by atoms with E-state index in [9.17, 15) is 0 Å². The molecule has 0 amide bonds. The first-order valence-electron chi connectivity index (χ1n) is 4.44. The van der Waals surface area contributed by atoms with Crippen LogP contribution < -0.4 is 4.74 Å². The van der Waals surface area contributed by atoms with Crippen molar-refractivity contribution < 1.29 is 4.74 Å². The fraction of sp³-hybridized carbons (Fsp3) is 0.200. The predicted octanol–water partition coefficient (Wildman–Crippen LogP) is 2.68. The fourth-order valence-corrected chi connectivity index (χ4v) is 1.60. The summed E-state index contributed by atoms with van der Waals surface area (Å²) in [5.74, 6) is 1.39. The van der Waals surface area contributed by atoms with E-state index in [2.05, 4.69) is 26.0 Å². The lowest BCUT2D eigenvalue weighted by atomic mass is 10.4. The Morgan fingerprint density at radius 3 is 2.73 bits per heavy atom. The van der Waals surface area contributed by atoms with Crippen molar-refractivity contribution in [3.8, 4) is 11.6 Å². The lowest BCUT2D eigenvalue weighted by molar-refractivity contribution is 0.428. The number of aromatic nitrogens is 3. The second kappa shape index (κ2) is 4.02. The predicted molar refractivity (Wildman–Crippen MR) is 60.0 cm³/mol. The van der Waals surface area contributed by atoms with Crippen molar-refractivity contribution in [1.29, 1.82) is 0 Å². The zero-order valence-corrected chi connectivity index (χ0v) is 10.0. The van der Waals surface area contributed by atoms with Gasteiger partial charge in [-0.3, -0.25) is 4.98 Å². The maximum absolute atomic E-state index is 5.62. The zero-order chi connectivity index (χ0) is 10.8. The van der Waals surface area contributed by atoms with Crippen LogP contribution in [0, 0.1) is 6.92 Å². The van der Waals surface area contributed by atoms with Crippen LogP contribution >= 0.6 is 15.9 Å². The third-order valence-corrected chi connectivity index (χ3v) is 2.29. The quantitative estimate of drug-likeness (QED) is 0.840. The molecule has 0 bridgehead atoms. The number of aryl methyl sites for hydroxylation is 2. The maximum Gasteiger partial charge on any atom is 0.217 e. The van der Waals surface area contributed by atoms with E-state index in [0.717, 1.165) is 10.2 Å². The molecule has 0 saturated heterocycles. The molecule has 78 valence electrons. The van der Waals surface area contributed by atoms with Crippen LogP contribution in [0.2, 0.25) is 0 Å². The summed E-state index contributed by atoms with van der Waals surface area (Å²) in [5.41, 5.74) is 0.926. The molecule has 0 N–H and O–H groups in total. The molecule has 0 aliphatic rings. The summed E-state index contributed by atoms with van der Waals surface area (Å²) in [5, 5.41) is 4.19. The van der Waals surface area contributed by atoms with Gasteiger partial charge < -0.3 is 4.74 Å². The van der Waals surface area contributed by atoms with E-state index >= 15 is 0 Å². The first-order chi connectivity index (χ1) is 7.15. The number of rotatable bonds is 2. The molecule has 0 aliphatic heterocycles. The molecule has 0 aliphatic carbocycles. The molecule has 0 atom stereocenters. The Kier molecular flexibility index (Phi) is 2.73. The highest BCUT2D eigenvalue weighted by Gasteiger charge is 2.04. The third-order valence-electron chi connectivity index (χ3n) is 1.86. The van der Waals surface area contributed by atoms with Gasteiger partial charge in [-0.15, -0.1) is 0 Å². The molecule has 0 saturated carbocycles. The highest BCUT2D eigenvalue weighted by Crippen LogP contribution is 2.23. The number of pyridine rings is 1. The van der Waals surface area contributed by atoms with Crippen molar-refractivity contribution in [2.24, 2.45) is 7.05 Å². The fourth-order valence-electron chi connectivity index (χ4n) is 1.25. The van der Waals surface area contributed by atoms with Crippen LogP contribution in [0.15, 0.2) is 29.0 Å². The van der Waals surface area contributed by atoms with Gasteiger partial charge in [0.1, 0.15) is 5.75 Å². The van der Waals surface area contributed by atoms with Crippen molar-refractivity contribution in [3.63, 3.8) is 0 Å². The third kappa shape index (κ3) is 2.36. The van der Waals surface area contributed by atoms with Gasteiger partial charge in [-0.1, -0.05) is 0 Å². The number of halogens is 1. The topological polar surface area (TPSA) is 39.9 Å². The van der Waals surface area contributed by atoms with E-state index in [0.29, 0.717) is 11.6 Å². The molecular formula is C10H10BrN3O. The van der Waals surface area contributed by atoms with Crippen LogP contribution in [0.3, 0.4) is 0 Å². The van der Waals surface area contributed by atoms with Gasteiger partial charge in [-0.25, -0.2) is 4.68 Å². The van der Waals surface area contributed by atoms with Gasteiger partial charge in [0, 0.05) is 23.8 Å². The average molecular weight is 268 g/mol. The van der Waals surface area contributed by atoms with E-state index in [-0.39, 0.29) is 0 Å².